The molecule has 1 rings (SSSR count). The van der Waals surface area contributed by atoms with Crippen LogP contribution < -0.4 is 4.74 Å². The fourth-order valence-electron chi connectivity index (χ4n) is 1.26. The molecule has 0 saturated heterocycles. The van der Waals surface area contributed by atoms with E-state index in [1.54, 1.807) is 0 Å². The lowest BCUT2D eigenvalue weighted by Gasteiger charge is -2.16. The van der Waals surface area contributed by atoms with Crippen LogP contribution in [-0.4, -0.2) is 22.4 Å². The number of aromatic nitrogens is 1. The second-order valence-corrected chi connectivity index (χ2v) is 3.43. The van der Waals surface area contributed by atoms with Crippen molar-refractivity contribution >= 4 is 17.6 Å². The summed E-state index contributed by atoms with van der Waals surface area (Å²) in [4.78, 5) is 13.8. The average molecular weight is 306 g/mol. The lowest BCUT2D eigenvalue weighted by molar-refractivity contribution is -0.275. The molecule has 0 radical (unpaired) electrons. The molecule has 0 saturated carbocycles. The Bertz CT molecular complexity index is 491. The van der Waals surface area contributed by atoms with Crippen LogP contribution in [0.15, 0.2) is 6.20 Å². The first-order valence-electron chi connectivity index (χ1n) is 4.52. The molecular formula is C9H5ClF5NO3. The monoisotopic (exact) mass is 305 g/mol. The fourth-order valence-corrected chi connectivity index (χ4v) is 1.45. The minimum Gasteiger partial charge on any atom is -0.476 e. The highest BCUT2D eigenvalue weighted by Gasteiger charge is 2.36. The topological polar surface area (TPSA) is 59.4 Å². The number of ether oxygens (including phenoxy) is 1. The van der Waals surface area contributed by atoms with Gasteiger partial charge in [-0.3, -0.25) is 0 Å². The standard InChI is InChI=1S/C9H5ClF5NO3/c10-1-3-2-16-5(8(17)18)4(7(11)12)6(3)19-9(13,14)15/h2,7H,1H2,(H,17,18). The van der Waals surface area contributed by atoms with Gasteiger partial charge in [-0.2, -0.15) is 0 Å². The molecule has 0 unspecified atom stereocenters. The smallest absolute Gasteiger partial charge is 0.476 e. The van der Waals surface area contributed by atoms with Gasteiger partial charge in [0.2, 0.25) is 0 Å². The Hall–Kier alpha value is -1.64. The summed E-state index contributed by atoms with van der Waals surface area (Å²) in [5, 5.41) is 8.64. The van der Waals surface area contributed by atoms with E-state index >= 15 is 0 Å². The normalized spacial score (nSPS) is 11.7. The number of carboxylic acids is 1. The first-order valence-corrected chi connectivity index (χ1v) is 5.05. The number of carbonyl (C=O) groups is 1. The summed E-state index contributed by atoms with van der Waals surface area (Å²) in [5.41, 5.74) is -3.16. The van der Waals surface area contributed by atoms with Crippen molar-refractivity contribution in [1.82, 2.24) is 4.98 Å². The first kappa shape index (κ1) is 15.4. The molecular weight excluding hydrogens is 301 g/mol. The Kier molecular flexibility index (Phi) is 4.51. The van der Waals surface area contributed by atoms with Crippen molar-refractivity contribution in [3.8, 4) is 5.75 Å². The van der Waals surface area contributed by atoms with E-state index in [-0.39, 0.29) is 0 Å². The Balaban J connectivity index is 3.52. The third-order valence-corrected chi connectivity index (χ3v) is 2.21. The van der Waals surface area contributed by atoms with E-state index in [2.05, 4.69) is 9.72 Å². The van der Waals surface area contributed by atoms with Crippen LogP contribution in [0.5, 0.6) is 5.75 Å². The van der Waals surface area contributed by atoms with Crippen molar-refractivity contribution in [3.63, 3.8) is 0 Å². The molecule has 0 spiro atoms. The van der Waals surface area contributed by atoms with Crippen molar-refractivity contribution in [2.75, 3.05) is 0 Å². The Morgan fingerprint density at radius 2 is 2.05 bits per heavy atom. The summed E-state index contributed by atoms with van der Waals surface area (Å²) in [5.74, 6) is -3.83. The predicted octanol–water partition coefficient (Wildman–Crippen LogP) is 3.35. The number of rotatable bonds is 4. The SMILES string of the molecule is O=C(O)c1ncc(CCl)c(OC(F)(F)F)c1C(F)F. The fraction of sp³-hybridized carbons (Fsp3) is 0.333. The average Bonchev–Trinajstić information content (AvgIpc) is 2.25. The van der Waals surface area contributed by atoms with Crippen molar-refractivity contribution in [2.24, 2.45) is 0 Å². The molecule has 106 valence electrons. The van der Waals surface area contributed by atoms with E-state index in [1.165, 1.54) is 0 Å². The summed E-state index contributed by atoms with van der Waals surface area (Å²) >= 11 is 5.29. The Morgan fingerprint density at radius 1 is 1.47 bits per heavy atom. The largest absolute Gasteiger partial charge is 0.573 e. The summed E-state index contributed by atoms with van der Waals surface area (Å²) < 4.78 is 65.4. The highest BCUT2D eigenvalue weighted by molar-refractivity contribution is 6.17. The third kappa shape index (κ3) is 3.66. The maximum Gasteiger partial charge on any atom is 0.573 e. The molecule has 0 aliphatic heterocycles. The second kappa shape index (κ2) is 5.55. The number of hydrogen-bond acceptors (Lipinski definition) is 3. The molecule has 4 nitrogen and oxygen atoms in total. The van der Waals surface area contributed by atoms with Crippen LogP contribution in [0.3, 0.4) is 0 Å². The van der Waals surface area contributed by atoms with E-state index in [0.29, 0.717) is 6.20 Å². The van der Waals surface area contributed by atoms with E-state index < -0.39 is 47.2 Å². The van der Waals surface area contributed by atoms with Crippen LogP contribution in [0, 0.1) is 0 Å². The lowest BCUT2D eigenvalue weighted by Crippen LogP contribution is -2.21. The van der Waals surface area contributed by atoms with Gasteiger partial charge in [-0.1, -0.05) is 0 Å². The molecule has 1 aromatic heterocycles. The lowest BCUT2D eigenvalue weighted by atomic mass is 10.1. The van der Waals surface area contributed by atoms with Gasteiger partial charge in [-0.05, 0) is 0 Å². The van der Waals surface area contributed by atoms with Crippen molar-refractivity contribution in [3.05, 3.63) is 23.0 Å². The number of pyridine rings is 1. The number of alkyl halides is 6. The summed E-state index contributed by atoms with van der Waals surface area (Å²) in [6, 6.07) is 0. The molecule has 1 N–H and O–H groups in total. The Labute approximate surface area is 107 Å². The molecule has 0 aliphatic rings. The number of nitrogens with zero attached hydrogens (tertiary/aromatic N) is 1. The van der Waals surface area contributed by atoms with Crippen LogP contribution in [-0.2, 0) is 5.88 Å². The van der Waals surface area contributed by atoms with Gasteiger partial charge >= 0.3 is 12.3 Å². The van der Waals surface area contributed by atoms with Crippen LogP contribution >= 0.6 is 11.6 Å². The number of aromatic carboxylic acids is 1. The van der Waals surface area contributed by atoms with Gasteiger partial charge in [0.1, 0.15) is 5.75 Å². The zero-order chi connectivity index (χ0) is 14.8. The minimum atomic E-state index is -5.26. The van der Waals surface area contributed by atoms with Crippen LogP contribution in [0.1, 0.15) is 28.0 Å². The second-order valence-electron chi connectivity index (χ2n) is 3.16. The minimum absolute atomic E-state index is 0.487. The molecule has 1 aromatic rings. The quantitative estimate of drug-likeness (QED) is 0.684. The summed E-state index contributed by atoms with van der Waals surface area (Å²) in [6.07, 6.45) is -8.13. The zero-order valence-electron chi connectivity index (χ0n) is 8.84. The van der Waals surface area contributed by atoms with Crippen LogP contribution in [0.25, 0.3) is 0 Å². The molecule has 0 aromatic carbocycles. The maximum absolute atomic E-state index is 12.7. The van der Waals surface area contributed by atoms with Crippen molar-refractivity contribution < 1.29 is 36.6 Å². The first-order chi connectivity index (χ1) is 8.67. The highest BCUT2D eigenvalue weighted by atomic mass is 35.5. The van der Waals surface area contributed by atoms with E-state index in [9.17, 15) is 26.7 Å². The molecule has 0 amide bonds. The van der Waals surface area contributed by atoms with Crippen molar-refractivity contribution in [2.45, 2.75) is 18.7 Å². The highest BCUT2D eigenvalue weighted by Crippen LogP contribution is 2.38. The van der Waals surface area contributed by atoms with Gasteiger partial charge in [0.25, 0.3) is 6.43 Å². The van der Waals surface area contributed by atoms with Gasteiger partial charge in [0.15, 0.2) is 5.69 Å². The van der Waals surface area contributed by atoms with Gasteiger partial charge in [0.05, 0.1) is 11.4 Å². The summed E-state index contributed by atoms with van der Waals surface area (Å²) in [6.45, 7) is 0. The van der Waals surface area contributed by atoms with Crippen LogP contribution in [0.2, 0.25) is 0 Å². The molecule has 0 atom stereocenters. The number of halogens is 6. The molecule has 19 heavy (non-hydrogen) atoms. The Morgan fingerprint density at radius 3 is 2.42 bits per heavy atom. The number of hydrogen-bond donors (Lipinski definition) is 1. The molecule has 0 aliphatic carbocycles. The maximum atomic E-state index is 12.7. The molecule has 0 bridgehead atoms. The molecule has 0 fully saturated rings. The van der Waals surface area contributed by atoms with E-state index in [4.69, 9.17) is 16.7 Å². The molecule has 1 heterocycles. The van der Waals surface area contributed by atoms with Crippen LogP contribution in [0.4, 0.5) is 22.0 Å². The van der Waals surface area contributed by atoms with E-state index in [0.717, 1.165) is 0 Å². The van der Waals surface area contributed by atoms with E-state index in [1.807, 2.05) is 0 Å². The van der Waals surface area contributed by atoms with Gasteiger partial charge in [0, 0.05) is 11.8 Å². The van der Waals surface area contributed by atoms with Gasteiger partial charge < -0.3 is 9.84 Å². The van der Waals surface area contributed by atoms with Crippen molar-refractivity contribution in [1.29, 1.82) is 0 Å². The van der Waals surface area contributed by atoms with Gasteiger partial charge in [-0.15, -0.1) is 24.8 Å². The third-order valence-electron chi connectivity index (χ3n) is 1.92. The predicted molar refractivity (Wildman–Crippen MR) is 52.4 cm³/mol. The summed E-state index contributed by atoms with van der Waals surface area (Å²) in [7, 11) is 0. The zero-order valence-corrected chi connectivity index (χ0v) is 9.60. The molecule has 10 heteroatoms. The number of carboxylic acid groups (broad SMARTS) is 1. The van der Waals surface area contributed by atoms with Gasteiger partial charge in [-0.25, -0.2) is 18.6 Å².